The van der Waals surface area contributed by atoms with Gasteiger partial charge in [-0.1, -0.05) is 48.5 Å². The number of anilines is 1. The Morgan fingerprint density at radius 1 is 1.00 bits per heavy atom. The van der Waals surface area contributed by atoms with Gasteiger partial charge >= 0.3 is 0 Å². The molecule has 158 valence electrons. The second kappa shape index (κ2) is 8.61. The number of benzene rings is 3. The number of halogens is 1. The minimum atomic E-state index is -3.93. The number of rotatable bonds is 7. The van der Waals surface area contributed by atoms with Crippen molar-refractivity contribution in [1.82, 2.24) is 4.98 Å². The van der Waals surface area contributed by atoms with Crippen molar-refractivity contribution in [3.8, 4) is 17.0 Å². The minimum absolute atomic E-state index is 0.0697. The van der Waals surface area contributed by atoms with Gasteiger partial charge in [-0.3, -0.25) is 0 Å². The third-order valence-corrected chi connectivity index (χ3v) is 5.92. The van der Waals surface area contributed by atoms with Crippen LogP contribution in [0.5, 0.6) is 5.75 Å². The Bertz CT molecular complexity index is 1290. The lowest BCUT2D eigenvalue weighted by atomic mass is 10.1. The summed E-state index contributed by atoms with van der Waals surface area (Å²) in [4.78, 5) is 4.57. The molecular weight excluding hydrogens is 419 g/mol. The molecule has 1 N–H and O–H groups in total. The monoisotopic (exact) mass is 438 g/mol. The van der Waals surface area contributed by atoms with E-state index in [1.54, 1.807) is 18.2 Å². The smallest absolute Gasteiger partial charge is 0.264 e. The van der Waals surface area contributed by atoms with E-state index in [0.717, 1.165) is 5.56 Å². The number of methoxy groups -OCH3 is 1. The van der Waals surface area contributed by atoms with Crippen molar-refractivity contribution >= 4 is 15.9 Å². The Labute approximate surface area is 179 Å². The van der Waals surface area contributed by atoms with Crippen molar-refractivity contribution in [2.75, 3.05) is 11.8 Å². The Kier molecular flexibility index (Phi) is 5.73. The van der Waals surface area contributed by atoms with Gasteiger partial charge in [0, 0.05) is 18.1 Å². The van der Waals surface area contributed by atoms with Gasteiger partial charge in [0.25, 0.3) is 10.0 Å². The van der Waals surface area contributed by atoms with Crippen LogP contribution in [0.15, 0.2) is 88.2 Å². The van der Waals surface area contributed by atoms with Crippen LogP contribution in [-0.2, 0) is 16.4 Å². The highest BCUT2D eigenvalue weighted by Gasteiger charge is 2.24. The molecular formula is C23H19FN2O4S. The maximum absolute atomic E-state index is 13.7. The van der Waals surface area contributed by atoms with Crippen molar-refractivity contribution in [3.63, 3.8) is 0 Å². The molecule has 0 unspecified atom stereocenters. The topological polar surface area (TPSA) is 81.4 Å². The number of oxazole rings is 1. The number of sulfonamides is 1. The van der Waals surface area contributed by atoms with Gasteiger partial charge in [-0.25, -0.2) is 22.5 Å². The fourth-order valence-electron chi connectivity index (χ4n) is 3.10. The molecule has 4 aromatic rings. The zero-order valence-electron chi connectivity index (χ0n) is 16.6. The van der Waals surface area contributed by atoms with E-state index in [2.05, 4.69) is 9.71 Å². The van der Waals surface area contributed by atoms with Crippen molar-refractivity contribution < 1.29 is 22.0 Å². The van der Waals surface area contributed by atoms with Gasteiger partial charge in [-0.05, 0) is 29.8 Å². The molecule has 0 fully saturated rings. The molecule has 1 aromatic heterocycles. The summed E-state index contributed by atoms with van der Waals surface area (Å²) in [6.07, 6.45) is 0.352. The molecule has 4 rings (SSSR count). The van der Waals surface area contributed by atoms with Crippen LogP contribution < -0.4 is 9.46 Å². The fourth-order valence-corrected chi connectivity index (χ4v) is 4.12. The highest BCUT2D eigenvalue weighted by molar-refractivity contribution is 7.92. The molecule has 1 heterocycles. The highest BCUT2D eigenvalue weighted by atomic mass is 32.2. The average molecular weight is 438 g/mol. The van der Waals surface area contributed by atoms with Gasteiger partial charge < -0.3 is 9.15 Å². The number of nitrogens with one attached hydrogen (secondary N) is 1. The second-order valence-electron chi connectivity index (χ2n) is 6.71. The third kappa shape index (κ3) is 4.59. The van der Waals surface area contributed by atoms with Crippen molar-refractivity contribution in [3.05, 3.63) is 96.1 Å². The summed E-state index contributed by atoms with van der Waals surface area (Å²) in [5.41, 5.74) is 1.55. The van der Waals surface area contributed by atoms with Crippen LogP contribution in [0.2, 0.25) is 0 Å². The van der Waals surface area contributed by atoms with Crippen molar-refractivity contribution in [1.29, 1.82) is 0 Å². The Morgan fingerprint density at radius 2 is 1.68 bits per heavy atom. The van der Waals surface area contributed by atoms with E-state index in [4.69, 9.17) is 9.15 Å². The van der Waals surface area contributed by atoms with E-state index >= 15 is 0 Å². The maximum Gasteiger partial charge on any atom is 0.264 e. The zero-order valence-corrected chi connectivity index (χ0v) is 17.4. The quantitative estimate of drug-likeness (QED) is 0.445. The van der Waals surface area contributed by atoms with E-state index < -0.39 is 15.8 Å². The zero-order chi connectivity index (χ0) is 21.8. The van der Waals surface area contributed by atoms with E-state index in [-0.39, 0.29) is 22.2 Å². The number of hydrogen-bond donors (Lipinski definition) is 1. The molecule has 0 aliphatic carbocycles. The molecule has 8 heteroatoms. The normalized spacial score (nSPS) is 11.3. The minimum Gasteiger partial charge on any atom is -0.496 e. The molecule has 0 bridgehead atoms. The van der Waals surface area contributed by atoms with Gasteiger partial charge in [0.1, 0.15) is 17.3 Å². The van der Waals surface area contributed by atoms with Crippen LogP contribution in [0.25, 0.3) is 11.3 Å². The van der Waals surface area contributed by atoms with E-state index in [1.165, 1.54) is 37.4 Å². The van der Waals surface area contributed by atoms with Crippen LogP contribution in [0, 0.1) is 5.82 Å². The number of nitrogens with zero attached hydrogens (tertiary/aromatic N) is 1. The van der Waals surface area contributed by atoms with Crippen molar-refractivity contribution in [2.45, 2.75) is 11.3 Å². The predicted octanol–water partition coefficient (Wildman–Crippen LogP) is 4.88. The summed E-state index contributed by atoms with van der Waals surface area (Å²) in [6.45, 7) is 0. The summed E-state index contributed by atoms with van der Waals surface area (Å²) < 4.78 is 53.0. The lowest BCUT2D eigenvalue weighted by Gasteiger charge is -2.09. The predicted molar refractivity (Wildman–Crippen MR) is 115 cm³/mol. The highest BCUT2D eigenvalue weighted by Crippen LogP contribution is 2.37. The van der Waals surface area contributed by atoms with Gasteiger partial charge in [0.2, 0.25) is 11.8 Å². The maximum atomic E-state index is 13.7. The van der Waals surface area contributed by atoms with Crippen LogP contribution in [0.3, 0.4) is 0 Å². The first-order chi connectivity index (χ1) is 15.0. The average Bonchev–Trinajstić information content (AvgIpc) is 3.16. The molecule has 0 amide bonds. The first-order valence-electron chi connectivity index (χ1n) is 9.41. The Hall–Kier alpha value is -3.65. The number of aromatic nitrogens is 1. The second-order valence-corrected chi connectivity index (χ2v) is 8.39. The van der Waals surface area contributed by atoms with E-state index in [0.29, 0.717) is 17.9 Å². The summed E-state index contributed by atoms with van der Waals surface area (Å²) in [6, 6.07) is 21.3. The Balaban J connectivity index is 1.79. The molecule has 0 atom stereocenters. The largest absolute Gasteiger partial charge is 0.496 e. The van der Waals surface area contributed by atoms with Gasteiger partial charge in [-0.15, -0.1) is 0 Å². The SMILES string of the molecule is COc1cc(F)ccc1-c1nc(Cc2ccccc2)oc1NS(=O)(=O)c1ccccc1. The summed E-state index contributed by atoms with van der Waals surface area (Å²) in [7, 11) is -2.53. The molecule has 31 heavy (non-hydrogen) atoms. The van der Waals surface area contributed by atoms with E-state index in [9.17, 15) is 12.8 Å². The standard InChI is InChI=1S/C23H19FN2O4S/c1-29-20-15-17(24)12-13-19(20)22-23(26-31(27,28)18-10-6-3-7-11-18)30-21(25-22)14-16-8-4-2-5-9-16/h2-13,15,26H,14H2,1H3. The molecule has 6 nitrogen and oxygen atoms in total. The third-order valence-electron chi connectivity index (χ3n) is 4.57. The van der Waals surface area contributed by atoms with Crippen LogP contribution in [0.4, 0.5) is 10.3 Å². The first-order valence-corrected chi connectivity index (χ1v) is 10.9. The van der Waals surface area contributed by atoms with Gasteiger partial charge in [0.05, 0.1) is 12.0 Å². The first kappa shape index (κ1) is 20.6. The van der Waals surface area contributed by atoms with Gasteiger partial charge in [-0.2, -0.15) is 0 Å². The summed E-state index contributed by atoms with van der Waals surface area (Å²) in [5, 5.41) is 0. The molecule has 0 radical (unpaired) electrons. The van der Waals surface area contributed by atoms with Crippen LogP contribution >= 0.6 is 0 Å². The molecule has 0 saturated heterocycles. The van der Waals surface area contributed by atoms with E-state index in [1.807, 2.05) is 30.3 Å². The molecule has 0 saturated carbocycles. The van der Waals surface area contributed by atoms with Crippen LogP contribution in [0.1, 0.15) is 11.5 Å². The number of ether oxygens (including phenoxy) is 1. The molecule has 0 aliphatic heterocycles. The van der Waals surface area contributed by atoms with Gasteiger partial charge in [0.15, 0.2) is 0 Å². The summed E-state index contributed by atoms with van der Waals surface area (Å²) in [5.74, 6) is -0.0437. The number of hydrogen-bond acceptors (Lipinski definition) is 5. The molecule has 0 aliphatic rings. The lowest BCUT2D eigenvalue weighted by molar-refractivity contribution is 0.413. The lowest BCUT2D eigenvalue weighted by Crippen LogP contribution is -2.13. The molecule has 3 aromatic carbocycles. The Morgan fingerprint density at radius 3 is 2.35 bits per heavy atom. The summed E-state index contributed by atoms with van der Waals surface area (Å²) >= 11 is 0. The fraction of sp³-hybridized carbons (Fsp3) is 0.0870. The molecule has 0 spiro atoms. The van der Waals surface area contributed by atoms with Crippen molar-refractivity contribution in [2.24, 2.45) is 0 Å². The van der Waals surface area contributed by atoms with Crippen LogP contribution in [-0.4, -0.2) is 20.5 Å².